The molecular formula is C18H24N2O5. The van der Waals surface area contributed by atoms with Crippen LogP contribution in [0.2, 0.25) is 0 Å². The highest BCUT2D eigenvalue weighted by molar-refractivity contribution is 6.03. The summed E-state index contributed by atoms with van der Waals surface area (Å²) in [6.45, 7) is 4.38. The highest BCUT2D eigenvalue weighted by Gasteiger charge is 2.36. The maximum Gasteiger partial charge on any atom is 0.317 e. The number of carboxylic acids is 1. The molecule has 7 heteroatoms. The fourth-order valence-corrected chi connectivity index (χ4v) is 3.79. The predicted octanol–water partition coefficient (Wildman–Crippen LogP) is 1.77. The average Bonchev–Trinajstić information content (AvgIpc) is 2.86. The van der Waals surface area contributed by atoms with Gasteiger partial charge in [-0.3, -0.25) is 19.3 Å². The second kappa shape index (κ2) is 7.00. The lowest BCUT2D eigenvalue weighted by atomic mass is 9.85. The fraction of sp³-hybridized carbons (Fsp3) is 0.611. The maximum absolute atomic E-state index is 12.5. The number of hydrogen-bond acceptors (Lipinski definition) is 5. The first-order valence-electron chi connectivity index (χ1n) is 8.82. The molecule has 0 unspecified atom stereocenters. The minimum absolute atomic E-state index is 0.0116. The number of aliphatic carboxylic acids is 1. The summed E-state index contributed by atoms with van der Waals surface area (Å²) in [5.41, 5.74) is 1.22. The van der Waals surface area contributed by atoms with E-state index in [4.69, 9.17) is 9.52 Å². The van der Waals surface area contributed by atoms with Crippen LogP contribution < -0.4 is 5.32 Å². The van der Waals surface area contributed by atoms with E-state index in [2.05, 4.69) is 5.32 Å². The molecule has 2 aliphatic rings. The van der Waals surface area contributed by atoms with E-state index < -0.39 is 5.97 Å². The highest BCUT2D eigenvalue weighted by Crippen LogP contribution is 2.30. The van der Waals surface area contributed by atoms with Gasteiger partial charge in [-0.05, 0) is 32.7 Å². The third-order valence-electron chi connectivity index (χ3n) is 5.22. The molecule has 136 valence electrons. The number of likely N-dealkylation sites (N-methyl/N-ethyl adjacent to an activating group) is 1. The van der Waals surface area contributed by atoms with Gasteiger partial charge < -0.3 is 14.8 Å². The van der Waals surface area contributed by atoms with Gasteiger partial charge in [-0.15, -0.1) is 0 Å². The number of Topliss-reactive ketones (excluding diaryl/α,β-unsaturated/α-hetero) is 1. The zero-order valence-electron chi connectivity index (χ0n) is 14.6. The van der Waals surface area contributed by atoms with Crippen molar-refractivity contribution in [2.24, 2.45) is 0 Å². The van der Waals surface area contributed by atoms with Gasteiger partial charge in [0.1, 0.15) is 5.76 Å². The molecule has 0 saturated heterocycles. The second-order valence-corrected chi connectivity index (χ2v) is 6.88. The Labute approximate surface area is 146 Å². The zero-order valence-corrected chi connectivity index (χ0v) is 14.6. The Bertz CT molecular complexity index is 703. The Morgan fingerprint density at radius 1 is 1.32 bits per heavy atom. The van der Waals surface area contributed by atoms with Crippen molar-refractivity contribution in [1.29, 1.82) is 0 Å². The summed E-state index contributed by atoms with van der Waals surface area (Å²) < 4.78 is 5.67. The summed E-state index contributed by atoms with van der Waals surface area (Å²) in [7, 11) is 0. The standard InChI is InChI=1S/C18H24N2O5/c1-3-20(9-15(22)23)12-7-11(8-12)19-18(24)17-10(2)16-13(21)5-4-6-14(16)25-17/h11-12H,3-9H2,1-2H3,(H,19,24)(H,22,23). The minimum atomic E-state index is -0.837. The van der Waals surface area contributed by atoms with Gasteiger partial charge in [0, 0.05) is 30.5 Å². The molecule has 25 heavy (non-hydrogen) atoms. The van der Waals surface area contributed by atoms with Crippen LogP contribution in [-0.4, -0.2) is 52.8 Å². The minimum Gasteiger partial charge on any atom is -0.480 e. The fourth-order valence-electron chi connectivity index (χ4n) is 3.79. The van der Waals surface area contributed by atoms with E-state index in [1.807, 2.05) is 11.8 Å². The van der Waals surface area contributed by atoms with Gasteiger partial charge in [-0.2, -0.15) is 0 Å². The molecule has 0 aromatic carbocycles. The van der Waals surface area contributed by atoms with E-state index in [0.29, 0.717) is 36.3 Å². The normalized spacial score (nSPS) is 22.4. The summed E-state index contributed by atoms with van der Waals surface area (Å²) in [6.07, 6.45) is 3.42. The van der Waals surface area contributed by atoms with E-state index in [0.717, 1.165) is 19.3 Å². The van der Waals surface area contributed by atoms with Gasteiger partial charge >= 0.3 is 5.97 Å². The largest absolute Gasteiger partial charge is 0.480 e. The van der Waals surface area contributed by atoms with E-state index in [1.54, 1.807) is 6.92 Å². The number of hydrogen-bond donors (Lipinski definition) is 2. The van der Waals surface area contributed by atoms with Crippen molar-refractivity contribution < 1.29 is 23.9 Å². The molecule has 3 rings (SSSR count). The number of rotatable bonds is 6. The summed E-state index contributed by atoms with van der Waals surface area (Å²) in [6, 6.07) is 0.191. The number of fused-ring (bicyclic) bond motifs is 1. The van der Waals surface area contributed by atoms with Crippen LogP contribution in [0.1, 0.15) is 64.8 Å². The highest BCUT2D eigenvalue weighted by atomic mass is 16.4. The molecule has 0 spiro atoms. The average molecular weight is 348 g/mol. The van der Waals surface area contributed by atoms with Gasteiger partial charge in [0.2, 0.25) is 0 Å². The first-order valence-corrected chi connectivity index (χ1v) is 8.82. The van der Waals surface area contributed by atoms with Crippen molar-refractivity contribution in [3.8, 4) is 0 Å². The third kappa shape index (κ3) is 3.46. The molecule has 1 amide bonds. The molecule has 2 N–H and O–H groups in total. The number of nitrogens with one attached hydrogen (secondary N) is 1. The first kappa shape index (κ1) is 17.7. The molecule has 1 fully saturated rings. The molecule has 2 aliphatic carbocycles. The lowest BCUT2D eigenvalue weighted by Gasteiger charge is -2.42. The van der Waals surface area contributed by atoms with Crippen LogP contribution in [0, 0.1) is 6.92 Å². The Hall–Kier alpha value is -2.15. The second-order valence-electron chi connectivity index (χ2n) is 6.88. The van der Waals surface area contributed by atoms with Crippen LogP contribution in [0.3, 0.4) is 0 Å². The lowest BCUT2D eigenvalue weighted by Crippen LogP contribution is -2.54. The molecule has 1 aromatic heterocycles. The van der Waals surface area contributed by atoms with E-state index in [9.17, 15) is 14.4 Å². The number of furan rings is 1. The van der Waals surface area contributed by atoms with E-state index in [-0.39, 0.29) is 36.1 Å². The molecule has 1 aromatic rings. The van der Waals surface area contributed by atoms with Crippen molar-refractivity contribution >= 4 is 17.7 Å². The van der Waals surface area contributed by atoms with Crippen molar-refractivity contribution in [3.05, 3.63) is 22.6 Å². The number of amides is 1. The van der Waals surface area contributed by atoms with Crippen molar-refractivity contribution in [2.75, 3.05) is 13.1 Å². The van der Waals surface area contributed by atoms with Crippen molar-refractivity contribution in [1.82, 2.24) is 10.2 Å². The number of aryl methyl sites for hydroxylation is 1. The molecule has 0 bridgehead atoms. The number of carboxylic acid groups (broad SMARTS) is 1. The van der Waals surface area contributed by atoms with Gasteiger partial charge in [0.05, 0.1) is 12.1 Å². The van der Waals surface area contributed by atoms with E-state index in [1.165, 1.54) is 0 Å². The van der Waals surface area contributed by atoms with Crippen LogP contribution in [0.4, 0.5) is 0 Å². The van der Waals surface area contributed by atoms with Gasteiger partial charge in [0.25, 0.3) is 5.91 Å². The molecule has 0 radical (unpaired) electrons. The summed E-state index contributed by atoms with van der Waals surface area (Å²) in [5.74, 6) is -0.205. The molecule has 0 aliphatic heterocycles. The van der Waals surface area contributed by atoms with E-state index >= 15 is 0 Å². The maximum atomic E-state index is 12.5. The molecular weight excluding hydrogens is 324 g/mol. The molecule has 1 heterocycles. The van der Waals surface area contributed by atoms with Crippen LogP contribution in [-0.2, 0) is 11.2 Å². The Kier molecular flexibility index (Phi) is 4.94. The third-order valence-corrected chi connectivity index (χ3v) is 5.22. The monoisotopic (exact) mass is 348 g/mol. The smallest absolute Gasteiger partial charge is 0.317 e. The molecule has 0 atom stereocenters. The first-order chi connectivity index (χ1) is 11.9. The zero-order chi connectivity index (χ0) is 18.1. The quantitative estimate of drug-likeness (QED) is 0.813. The summed E-state index contributed by atoms with van der Waals surface area (Å²) in [4.78, 5) is 37.3. The van der Waals surface area contributed by atoms with Crippen molar-refractivity contribution in [2.45, 2.75) is 58.0 Å². The number of carbonyl (C=O) groups is 3. The van der Waals surface area contributed by atoms with Gasteiger partial charge in [0.15, 0.2) is 11.5 Å². The summed E-state index contributed by atoms with van der Waals surface area (Å²) in [5, 5.41) is 11.9. The van der Waals surface area contributed by atoms with Gasteiger partial charge in [-0.25, -0.2) is 0 Å². The number of carbonyl (C=O) groups excluding carboxylic acids is 2. The topological polar surface area (TPSA) is 99.9 Å². The number of ketones is 1. The molecule has 1 saturated carbocycles. The van der Waals surface area contributed by atoms with Crippen molar-refractivity contribution in [3.63, 3.8) is 0 Å². The van der Waals surface area contributed by atoms with Crippen LogP contribution in [0.5, 0.6) is 0 Å². The SMILES string of the molecule is CCN(CC(=O)O)C1CC(NC(=O)c2oc3c(c2C)C(=O)CCC3)C1. The lowest BCUT2D eigenvalue weighted by molar-refractivity contribution is -0.139. The predicted molar refractivity (Wildman–Crippen MR) is 89.9 cm³/mol. The van der Waals surface area contributed by atoms with Gasteiger partial charge in [-0.1, -0.05) is 6.92 Å². The number of nitrogens with zero attached hydrogens (tertiary/aromatic N) is 1. The van der Waals surface area contributed by atoms with Crippen LogP contribution in [0.25, 0.3) is 0 Å². The Balaban J connectivity index is 1.60. The van der Waals surface area contributed by atoms with Crippen LogP contribution >= 0.6 is 0 Å². The molecule has 7 nitrogen and oxygen atoms in total. The summed E-state index contributed by atoms with van der Waals surface area (Å²) >= 11 is 0. The van der Waals surface area contributed by atoms with Crippen LogP contribution in [0.15, 0.2) is 4.42 Å². The Morgan fingerprint density at radius 3 is 2.64 bits per heavy atom. The Morgan fingerprint density at radius 2 is 2.04 bits per heavy atom.